The van der Waals surface area contributed by atoms with E-state index in [1.54, 1.807) is 6.07 Å². The maximum atomic E-state index is 12.3. The fourth-order valence-electron chi connectivity index (χ4n) is 1.34. The van der Waals surface area contributed by atoms with Crippen molar-refractivity contribution in [3.05, 3.63) is 27.2 Å². The third kappa shape index (κ3) is 4.79. The highest BCUT2D eigenvalue weighted by Gasteiger charge is 2.18. The Morgan fingerprint density at radius 2 is 2.21 bits per heavy atom. The molecule has 3 N–H and O–H groups in total. The molecule has 1 atom stereocenters. The van der Waals surface area contributed by atoms with Crippen LogP contribution < -0.4 is 10.0 Å². The molecule has 106 valence electrons. The lowest BCUT2D eigenvalue weighted by molar-refractivity contribution is 0.163. The molecule has 0 radical (unpaired) electrons. The smallest absolute Gasteiger partial charge is 0.255 e. The first-order chi connectivity index (χ1) is 8.82. The number of benzene rings is 1. The van der Waals surface area contributed by atoms with Crippen molar-refractivity contribution in [3.63, 3.8) is 0 Å². The first kappa shape index (κ1) is 16.5. The van der Waals surface area contributed by atoms with Crippen LogP contribution in [0.4, 0.5) is 14.5 Å². The summed E-state index contributed by atoms with van der Waals surface area (Å²) < 4.78 is 38.5. The Balaban J connectivity index is 3.12. The molecule has 0 saturated heterocycles. The SMILES string of the molecule is C[S+]([O-])NC(=N)c1c(Cl)ccc(Br)c1NCC(F)F. The minimum absolute atomic E-state index is 0.187. The van der Waals surface area contributed by atoms with Gasteiger partial charge in [-0.3, -0.25) is 5.41 Å². The average molecular weight is 375 g/mol. The third-order valence-corrected chi connectivity index (χ3v) is 3.50. The molecule has 0 bridgehead atoms. The van der Waals surface area contributed by atoms with Crippen LogP contribution in [0.15, 0.2) is 16.6 Å². The fourth-order valence-corrected chi connectivity index (χ4v) is 2.46. The summed E-state index contributed by atoms with van der Waals surface area (Å²) in [4.78, 5) is 0. The predicted molar refractivity (Wildman–Crippen MR) is 77.7 cm³/mol. The molecule has 1 aromatic carbocycles. The summed E-state index contributed by atoms with van der Waals surface area (Å²) in [5.74, 6) is -0.205. The molecule has 1 rings (SSSR count). The minimum Gasteiger partial charge on any atom is -0.593 e. The summed E-state index contributed by atoms with van der Waals surface area (Å²) in [6.45, 7) is -0.575. The van der Waals surface area contributed by atoms with E-state index in [9.17, 15) is 13.3 Å². The molecule has 0 fully saturated rings. The molecule has 0 spiro atoms. The topological polar surface area (TPSA) is 71.0 Å². The highest BCUT2D eigenvalue weighted by atomic mass is 79.9. The van der Waals surface area contributed by atoms with Gasteiger partial charge in [-0.1, -0.05) is 11.6 Å². The largest absolute Gasteiger partial charge is 0.593 e. The van der Waals surface area contributed by atoms with Crippen LogP contribution in [0.2, 0.25) is 5.02 Å². The number of halogens is 4. The number of amidine groups is 1. The second-order valence-electron chi connectivity index (χ2n) is 3.48. The van der Waals surface area contributed by atoms with E-state index in [1.165, 1.54) is 12.3 Å². The van der Waals surface area contributed by atoms with E-state index in [2.05, 4.69) is 26.0 Å². The van der Waals surface area contributed by atoms with Gasteiger partial charge in [0.15, 0.2) is 5.84 Å². The van der Waals surface area contributed by atoms with E-state index in [1.807, 2.05) is 0 Å². The average Bonchev–Trinajstić information content (AvgIpc) is 2.28. The van der Waals surface area contributed by atoms with Gasteiger partial charge in [0, 0.05) is 4.47 Å². The molecule has 0 amide bonds. The highest BCUT2D eigenvalue weighted by molar-refractivity contribution is 9.10. The van der Waals surface area contributed by atoms with Crippen molar-refractivity contribution in [2.45, 2.75) is 6.43 Å². The van der Waals surface area contributed by atoms with Crippen LogP contribution in [0.3, 0.4) is 0 Å². The quantitative estimate of drug-likeness (QED) is 0.421. The van der Waals surface area contributed by atoms with Gasteiger partial charge in [-0.15, -0.1) is 0 Å². The molecule has 0 aliphatic rings. The lowest BCUT2D eigenvalue weighted by Gasteiger charge is -2.16. The molecule has 0 aliphatic heterocycles. The molecule has 0 aromatic heterocycles. The second-order valence-corrected chi connectivity index (χ2v) is 5.86. The Labute approximate surface area is 125 Å². The van der Waals surface area contributed by atoms with E-state index in [0.717, 1.165) is 0 Å². The third-order valence-electron chi connectivity index (χ3n) is 2.03. The molecular weight excluding hydrogens is 364 g/mol. The van der Waals surface area contributed by atoms with Gasteiger partial charge in [0.25, 0.3) is 6.43 Å². The zero-order chi connectivity index (χ0) is 14.6. The lowest BCUT2D eigenvalue weighted by atomic mass is 10.1. The van der Waals surface area contributed by atoms with Crippen molar-refractivity contribution < 1.29 is 13.3 Å². The van der Waals surface area contributed by atoms with Gasteiger partial charge in [-0.05, 0) is 28.1 Å². The molecule has 0 saturated carbocycles. The summed E-state index contributed by atoms with van der Waals surface area (Å²) in [7, 11) is 0. The van der Waals surface area contributed by atoms with Crippen LogP contribution >= 0.6 is 27.5 Å². The minimum atomic E-state index is -2.54. The highest BCUT2D eigenvalue weighted by Crippen LogP contribution is 2.32. The molecule has 9 heteroatoms. The number of hydrogen-bond donors (Lipinski definition) is 3. The van der Waals surface area contributed by atoms with Crippen LogP contribution in [0.1, 0.15) is 5.56 Å². The number of nitrogens with one attached hydrogen (secondary N) is 3. The summed E-state index contributed by atoms with van der Waals surface area (Å²) in [5.41, 5.74) is 0.447. The van der Waals surface area contributed by atoms with Crippen LogP contribution in [-0.2, 0) is 11.4 Å². The van der Waals surface area contributed by atoms with E-state index in [-0.39, 0.29) is 22.1 Å². The first-order valence-electron chi connectivity index (χ1n) is 5.02. The standard InChI is InChI=1S/C10H11BrClF2N3OS/c1-19(18)17-10(15)8-6(12)3-2-5(11)9(8)16-4-7(13)14/h2-3,7,16H,4H2,1H3,(H2,15,17). The fraction of sp³-hybridized carbons (Fsp3) is 0.300. The maximum Gasteiger partial charge on any atom is 0.255 e. The van der Waals surface area contributed by atoms with E-state index < -0.39 is 24.3 Å². The van der Waals surface area contributed by atoms with Gasteiger partial charge in [0.05, 0.1) is 34.2 Å². The zero-order valence-corrected chi connectivity index (χ0v) is 12.9. The molecule has 19 heavy (non-hydrogen) atoms. The van der Waals surface area contributed by atoms with Gasteiger partial charge < -0.3 is 9.87 Å². The zero-order valence-electron chi connectivity index (χ0n) is 9.77. The van der Waals surface area contributed by atoms with Crippen molar-refractivity contribution in [3.8, 4) is 0 Å². The van der Waals surface area contributed by atoms with Crippen LogP contribution in [-0.4, -0.2) is 29.6 Å². The van der Waals surface area contributed by atoms with E-state index in [4.69, 9.17) is 17.0 Å². The Hall–Kier alpha value is -0.570. The Morgan fingerprint density at radius 3 is 2.74 bits per heavy atom. The summed E-state index contributed by atoms with van der Waals surface area (Å²) in [6.07, 6.45) is -1.19. The van der Waals surface area contributed by atoms with Gasteiger partial charge in [0.2, 0.25) is 0 Å². The molecular formula is C10H11BrClF2N3OS. The monoisotopic (exact) mass is 373 g/mol. The Kier molecular flexibility index (Phi) is 6.31. The summed E-state index contributed by atoms with van der Waals surface area (Å²) in [6, 6.07) is 3.10. The van der Waals surface area contributed by atoms with Crippen LogP contribution in [0.5, 0.6) is 0 Å². The summed E-state index contributed by atoms with van der Waals surface area (Å²) in [5, 5.41) is 10.5. The van der Waals surface area contributed by atoms with Crippen molar-refractivity contribution in [2.75, 3.05) is 18.1 Å². The maximum absolute atomic E-state index is 12.3. The predicted octanol–water partition coefficient (Wildman–Crippen LogP) is 2.99. The number of hydrogen-bond acceptors (Lipinski definition) is 3. The molecule has 1 aromatic rings. The van der Waals surface area contributed by atoms with E-state index >= 15 is 0 Å². The summed E-state index contributed by atoms with van der Waals surface area (Å²) >= 11 is 7.71. The molecule has 0 heterocycles. The second kappa shape index (κ2) is 7.28. The Morgan fingerprint density at radius 1 is 1.58 bits per heavy atom. The van der Waals surface area contributed by atoms with Crippen molar-refractivity contribution >= 4 is 50.4 Å². The van der Waals surface area contributed by atoms with Crippen molar-refractivity contribution in [1.29, 1.82) is 5.41 Å². The number of anilines is 1. The number of rotatable bonds is 5. The molecule has 0 aliphatic carbocycles. The van der Waals surface area contributed by atoms with Crippen LogP contribution in [0.25, 0.3) is 0 Å². The lowest BCUT2D eigenvalue weighted by Crippen LogP contribution is -2.30. The molecule has 1 unspecified atom stereocenters. The number of alkyl halides is 2. The van der Waals surface area contributed by atoms with Gasteiger partial charge in [0.1, 0.15) is 6.26 Å². The first-order valence-corrected chi connectivity index (χ1v) is 7.74. The Bertz CT molecular complexity index is 476. The van der Waals surface area contributed by atoms with Gasteiger partial charge in [-0.25, -0.2) is 8.78 Å². The van der Waals surface area contributed by atoms with E-state index in [0.29, 0.717) is 4.47 Å². The molecule has 4 nitrogen and oxygen atoms in total. The van der Waals surface area contributed by atoms with Gasteiger partial charge in [-0.2, -0.15) is 4.72 Å². The normalized spacial score (nSPS) is 12.4. The van der Waals surface area contributed by atoms with Crippen LogP contribution in [0, 0.1) is 5.41 Å². The van der Waals surface area contributed by atoms with Crippen molar-refractivity contribution in [1.82, 2.24) is 4.72 Å². The van der Waals surface area contributed by atoms with Crippen molar-refractivity contribution in [2.24, 2.45) is 0 Å². The van der Waals surface area contributed by atoms with Gasteiger partial charge >= 0.3 is 0 Å².